The average molecular weight is 268 g/mol. The van der Waals surface area contributed by atoms with Gasteiger partial charge in [-0.05, 0) is 25.5 Å². The smallest absolute Gasteiger partial charge is 0.292 e. The fourth-order valence-electron chi connectivity index (χ4n) is 1.64. The molecular weight excluding hydrogens is 248 g/mol. The highest BCUT2D eigenvalue weighted by atomic mass is 16.6. The van der Waals surface area contributed by atoms with Crippen molar-refractivity contribution < 1.29 is 14.8 Å². The monoisotopic (exact) mass is 268 g/mol. The Bertz CT molecular complexity index is 446. The Morgan fingerprint density at radius 3 is 2.79 bits per heavy atom. The van der Waals surface area contributed by atoms with Crippen molar-refractivity contribution in [2.75, 3.05) is 25.6 Å². The van der Waals surface area contributed by atoms with Gasteiger partial charge in [-0.2, -0.15) is 0 Å². The first-order valence-electron chi connectivity index (χ1n) is 6.06. The van der Waals surface area contributed by atoms with E-state index in [0.717, 1.165) is 5.56 Å². The highest BCUT2D eigenvalue weighted by Gasteiger charge is 2.22. The number of aryl methyl sites for hydroxylation is 1. The molecule has 0 bridgehead atoms. The molecule has 1 aromatic rings. The van der Waals surface area contributed by atoms with Crippen molar-refractivity contribution in [3.05, 3.63) is 33.9 Å². The molecule has 6 heteroatoms. The number of methoxy groups -OCH3 is 1. The largest absolute Gasteiger partial charge is 0.388 e. The lowest BCUT2D eigenvalue weighted by atomic mass is 10.0. The van der Waals surface area contributed by atoms with Gasteiger partial charge in [0.2, 0.25) is 0 Å². The zero-order valence-corrected chi connectivity index (χ0v) is 11.5. The molecule has 0 amide bonds. The van der Waals surface area contributed by atoms with Crippen LogP contribution < -0.4 is 5.32 Å². The second kappa shape index (κ2) is 6.49. The van der Waals surface area contributed by atoms with E-state index >= 15 is 0 Å². The Kier molecular flexibility index (Phi) is 5.26. The van der Waals surface area contributed by atoms with E-state index in [2.05, 4.69) is 5.32 Å². The SMILES string of the molecule is COCCC(C)(O)CNc1ccc(C)cc1[N+](=O)[O-]. The molecule has 106 valence electrons. The van der Waals surface area contributed by atoms with Crippen LogP contribution in [0.3, 0.4) is 0 Å². The maximum absolute atomic E-state index is 11.0. The number of hydrogen-bond acceptors (Lipinski definition) is 5. The topological polar surface area (TPSA) is 84.6 Å². The molecule has 1 atom stereocenters. The second-order valence-electron chi connectivity index (χ2n) is 4.87. The van der Waals surface area contributed by atoms with Crippen LogP contribution in [0.25, 0.3) is 0 Å². The second-order valence-corrected chi connectivity index (χ2v) is 4.87. The van der Waals surface area contributed by atoms with E-state index in [-0.39, 0.29) is 12.2 Å². The fraction of sp³-hybridized carbons (Fsp3) is 0.538. The predicted molar refractivity (Wildman–Crippen MR) is 73.4 cm³/mol. The van der Waals surface area contributed by atoms with Gasteiger partial charge in [0.25, 0.3) is 5.69 Å². The number of nitrogens with zero attached hydrogens (tertiary/aromatic N) is 1. The third-order valence-electron chi connectivity index (χ3n) is 2.85. The van der Waals surface area contributed by atoms with Crippen LogP contribution in [0.15, 0.2) is 18.2 Å². The van der Waals surface area contributed by atoms with Gasteiger partial charge in [0.05, 0.1) is 10.5 Å². The molecule has 1 rings (SSSR count). The van der Waals surface area contributed by atoms with Gasteiger partial charge >= 0.3 is 0 Å². The Labute approximate surface area is 112 Å². The van der Waals surface area contributed by atoms with Gasteiger partial charge in [0.1, 0.15) is 5.69 Å². The molecule has 0 saturated heterocycles. The number of nitrogens with one attached hydrogen (secondary N) is 1. The minimum absolute atomic E-state index is 0.0162. The Hall–Kier alpha value is -1.66. The first kappa shape index (κ1) is 15.4. The Morgan fingerprint density at radius 1 is 1.53 bits per heavy atom. The van der Waals surface area contributed by atoms with Crippen LogP contribution in [0.4, 0.5) is 11.4 Å². The molecule has 19 heavy (non-hydrogen) atoms. The molecule has 0 fully saturated rings. The zero-order valence-electron chi connectivity index (χ0n) is 11.5. The predicted octanol–water partition coefficient (Wildman–Crippen LogP) is 2.10. The molecule has 0 aliphatic rings. The molecule has 1 aromatic carbocycles. The molecule has 0 aliphatic heterocycles. The van der Waals surface area contributed by atoms with E-state index in [1.165, 1.54) is 6.07 Å². The molecule has 0 heterocycles. The Balaban J connectivity index is 2.75. The van der Waals surface area contributed by atoms with Crippen LogP contribution in [0.5, 0.6) is 0 Å². The van der Waals surface area contributed by atoms with Gasteiger partial charge in [-0.1, -0.05) is 6.07 Å². The maximum atomic E-state index is 11.0. The molecule has 2 N–H and O–H groups in total. The van der Waals surface area contributed by atoms with Crippen LogP contribution in [0.2, 0.25) is 0 Å². The van der Waals surface area contributed by atoms with Gasteiger partial charge in [-0.25, -0.2) is 0 Å². The van der Waals surface area contributed by atoms with Gasteiger partial charge < -0.3 is 15.2 Å². The number of ether oxygens (including phenoxy) is 1. The summed E-state index contributed by atoms with van der Waals surface area (Å²) in [5.41, 5.74) is 0.272. The summed E-state index contributed by atoms with van der Waals surface area (Å²) < 4.78 is 4.91. The first-order chi connectivity index (χ1) is 8.85. The van der Waals surface area contributed by atoms with Gasteiger partial charge in [-0.15, -0.1) is 0 Å². The van der Waals surface area contributed by atoms with Crippen LogP contribution in [0.1, 0.15) is 18.9 Å². The van der Waals surface area contributed by atoms with Crippen LogP contribution in [0, 0.1) is 17.0 Å². The van der Waals surface area contributed by atoms with Crippen molar-refractivity contribution in [2.24, 2.45) is 0 Å². The molecule has 0 spiro atoms. The number of nitro groups is 1. The summed E-state index contributed by atoms with van der Waals surface area (Å²) in [6, 6.07) is 4.95. The van der Waals surface area contributed by atoms with Gasteiger partial charge in [0.15, 0.2) is 0 Å². The fourth-order valence-corrected chi connectivity index (χ4v) is 1.64. The summed E-state index contributed by atoms with van der Waals surface area (Å²) in [4.78, 5) is 10.5. The van der Waals surface area contributed by atoms with Crippen molar-refractivity contribution in [3.63, 3.8) is 0 Å². The zero-order chi connectivity index (χ0) is 14.5. The first-order valence-corrected chi connectivity index (χ1v) is 6.06. The summed E-state index contributed by atoms with van der Waals surface area (Å²) in [7, 11) is 1.56. The molecule has 0 aliphatic carbocycles. The van der Waals surface area contributed by atoms with E-state index in [1.807, 2.05) is 0 Å². The number of anilines is 1. The van der Waals surface area contributed by atoms with E-state index < -0.39 is 10.5 Å². The number of aliphatic hydroxyl groups is 1. The van der Waals surface area contributed by atoms with Crippen molar-refractivity contribution in [2.45, 2.75) is 25.9 Å². The molecule has 6 nitrogen and oxygen atoms in total. The highest BCUT2D eigenvalue weighted by Crippen LogP contribution is 2.26. The maximum Gasteiger partial charge on any atom is 0.292 e. The third kappa shape index (κ3) is 4.84. The molecule has 1 unspecified atom stereocenters. The highest BCUT2D eigenvalue weighted by molar-refractivity contribution is 5.62. The lowest BCUT2D eigenvalue weighted by Gasteiger charge is -2.23. The van der Waals surface area contributed by atoms with E-state index in [9.17, 15) is 15.2 Å². The van der Waals surface area contributed by atoms with Crippen molar-refractivity contribution in [3.8, 4) is 0 Å². The number of nitro benzene ring substituents is 1. The summed E-state index contributed by atoms with van der Waals surface area (Å²) in [6.07, 6.45) is 0.455. The summed E-state index contributed by atoms with van der Waals surface area (Å²) in [6.45, 7) is 4.12. The normalized spacial score (nSPS) is 13.9. The van der Waals surface area contributed by atoms with E-state index in [0.29, 0.717) is 18.7 Å². The summed E-state index contributed by atoms with van der Waals surface area (Å²) in [5.74, 6) is 0. The van der Waals surface area contributed by atoms with Crippen molar-refractivity contribution in [1.82, 2.24) is 0 Å². The van der Waals surface area contributed by atoms with Gasteiger partial charge in [-0.3, -0.25) is 10.1 Å². The Morgan fingerprint density at radius 2 is 2.21 bits per heavy atom. The number of benzene rings is 1. The third-order valence-corrected chi connectivity index (χ3v) is 2.85. The van der Waals surface area contributed by atoms with E-state index in [4.69, 9.17) is 4.74 Å². The summed E-state index contributed by atoms with van der Waals surface area (Å²) in [5, 5.41) is 24.0. The van der Waals surface area contributed by atoms with Gasteiger partial charge in [0, 0.05) is 32.7 Å². The van der Waals surface area contributed by atoms with Crippen LogP contribution in [-0.4, -0.2) is 35.9 Å². The number of rotatable bonds is 7. The standard InChI is InChI=1S/C13H20N2O4/c1-10-4-5-11(12(8-10)15(17)18)14-9-13(2,16)6-7-19-3/h4-5,8,14,16H,6-7,9H2,1-3H3. The lowest BCUT2D eigenvalue weighted by molar-refractivity contribution is -0.384. The quantitative estimate of drug-likeness (QED) is 0.584. The van der Waals surface area contributed by atoms with Crippen molar-refractivity contribution in [1.29, 1.82) is 0 Å². The molecular formula is C13H20N2O4. The number of hydrogen-bond donors (Lipinski definition) is 2. The van der Waals surface area contributed by atoms with Crippen LogP contribution >= 0.6 is 0 Å². The van der Waals surface area contributed by atoms with E-state index in [1.54, 1.807) is 33.1 Å². The molecule has 0 saturated carbocycles. The average Bonchev–Trinajstić information content (AvgIpc) is 2.35. The lowest BCUT2D eigenvalue weighted by Crippen LogP contribution is -2.34. The summed E-state index contributed by atoms with van der Waals surface area (Å²) >= 11 is 0. The van der Waals surface area contributed by atoms with Crippen molar-refractivity contribution >= 4 is 11.4 Å². The van der Waals surface area contributed by atoms with Crippen LogP contribution in [-0.2, 0) is 4.74 Å². The molecule has 0 radical (unpaired) electrons. The molecule has 0 aromatic heterocycles. The minimum Gasteiger partial charge on any atom is -0.388 e. The minimum atomic E-state index is -0.977.